The normalized spacial score (nSPS) is 22.9. The lowest BCUT2D eigenvalue weighted by Gasteiger charge is -2.37. The Kier molecular flexibility index (Phi) is 5.94. The third kappa shape index (κ3) is 5.45. The fraction of sp³-hybridized carbons (Fsp3) is 0.727. The Morgan fingerprint density at radius 1 is 1.19 bits per heavy atom. The summed E-state index contributed by atoms with van der Waals surface area (Å²) >= 11 is 0. The Balaban J connectivity index is 1.99. The highest BCUT2D eigenvalue weighted by atomic mass is 32.3. The molecule has 0 unspecified atom stereocenters. The first-order valence-electron chi connectivity index (χ1n) is 7.39. The van der Waals surface area contributed by atoms with Crippen molar-refractivity contribution in [2.75, 3.05) is 19.6 Å². The second-order valence-electron chi connectivity index (χ2n) is 5.77. The summed E-state index contributed by atoms with van der Waals surface area (Å²) in [7, 11) is -5.02. The van der Waals surface area contributed by atoms with Gasteiger partial charge in [0.05, 0.1) is 5.92 Å². The molecule has 2 aliphatic rings. The summed E-state index contributed by atoms with van der Waals surface area (Å²) in [5.41, 5.74) is 5.38. The summed E-state index contributed by atoms with van der Waals surface area (Å²) in [4.78, 5) is 36.2. The Bertz CT molecular complexity index is 684. The van der Waals surface area contributed by atoms with E-state index in [1.54, 1.807) is 0 Å². The molecule has 0 aromatic heterocycles. The van der Waals surface area contributed by atoms with Crippen LogP contribution in [0.1, 0.15) is 12.8 Å². The fourth-order valence-corrected chi connectivity index (χ4v) is 2.52. The van der Waals surface area contributed by atoms with E-state index >= 15 is 0 Å². The van der Waals surface area contributed by atoms with Gasteiger partial charge < -0.3 is 10.2 Å². The van der Waals surface area contributed by atoms with Crippen LogP contribution in [0.4, 0.5) is 13.6 Å². The van der Waals surface area contributed by atoms with E-state index in [2.05, 4.69) is 15.0 Å². The molecule has 148 valence electrons. The predicted molar refractivity (Wildman–Crippen MR) is 78.5 cm³/mol. The number of hydroxylamine groups is 1. The highest BCUT2D eigenvalue weighted by Gasteiger charge is 2.45. The molecule has 2 rings (SSSR count). The number of urea groups is 1. The second-order valence-corrected chi connectivity index (χ2v) is 6.79. The van der Waals surface area contributed by atoms with Gasteiger partial charge in [-0.25, -0.2) is 13.6 Å². The smallest absolute Gasteiger partial charge is 0.315 e. The summed E-state index contributed by atoms with van der Waals surface area (Å²) in [6, 6.07) is -3.03. The number of carbonyl (C=O) groups is 3. The highest BCUT2D eigenvalue weighted by molar-refractivity contribution is 7.80. The van der Waals surface area contributed by atoms with Gasteiger partial charge >= 0.3 is 16.4 Å². The zero-order valence-corrected chi connectivity index (χ0v) is 14.0. The van der Waals surface area contributed by atoms with Gasteiger partial charge in [-0.1, -0.05) is 0 Å². The Morgan fingerprint density at radius 2 is 1.81 bits per heavy atom. The summed E-state index contributed by atoms with van der Waals surface area (Å²) < 4.78 is 60.2. The zero-order valence-electron chi connectivity index (χ0n) is 13.2. The Labute approximate surface area is 146 Å². The molecule has 1 atom stereocenters. The average molecular weight is 401 g/mol. The van der Waals surface area contributed by atoms with Gasteiger partial charge in [0.1, 0.15) is 6.04 Å². The largest absolute Gasteiger partial charge is 0.418 e. The second kappa shape index (κ2) is 7.65. The van der Waals surface area contributed by atoms with Crippen LogP contribution in [0.15, 0.2) is 0 Å². The predicted octanol–water partition coefficient (Wildman–Crippen LogP) is -2.10. The summed E-state index contributed by atoms with van der Waals surface area (Å²) in [5.74, 6) is -5.23. The number of hydrazine groups is 1. The fourth-order valence-electron chi connectivity index (χ4n) is 2.34. The molecule has 2 saturated heterocycles. The van der Waals surface area contributed by atoms with E-state index in [9.17, 15) is 31.6 Å². The Hall–Kier alpha value is -2.10. The van der Waals surface area contributed by atoms with Crippen molar-refractivity contribution < 1.29 is 40.4 Å². The first-order valence-corrected chi connectivity index (χ1v) is 8.76. The van der Waals surface area contributed by atoms with E-state index in [1.807, 2.05) is 5.43 Å². The van der Waals surface area contributed by atoms with Crippen molar-refractivity contribution in [1.82, 2.24) is 26.5 Å². The molecule has 2 fully saturated rings. The standard InChI is InChI=1S/C11H17F2N5O7S/c12-11(13)1-2-18(10(21)17-25-26(22,23)24)7(3-11)9(20)16-15-8(19)6-4-14-5-6/h6-7,14H,1-5H2,(H,15,19)(H,16,20)(H,17,21)(H,22,23,24)/t7-/m0/s1. The molecule has 0 radical (unpaired) electrons. The van der Waals surface area contributed by atoms with Crippen LogP contribution in [0.2, 0.25) is 0 Å². The van der Waals surface area contributed by atoms with Crippen LogP contribution >= 0.6 is 0 Å². The van der Waals surface area contributed by atoms with Crippen LogP contribution in [0.25, 0.3) is 0 Å². The van der Waals surface area contributed by atoms with Crippen LogP contribution in [-0.4, -0.2) is 67.3 Å². The minimum Gasteiger partial charge on any atom is -0.315 e. The number of alkyl halides is 2. The van der Waals surface area contributed by atoms with Crippen LogP contribution in [0.3, 0.4) is 0 Å². The molecule has 12 nitrogen and oxygen atoms in total. The van der Waals surface area contributed by atoms with Crippen molar-refractivity contribution in [3.05, 3.63) is 0 Å². The van der Waals surface area contributed by atoms with E-state index in [0.717, 1.165) is 0 Å². The average Bonchev–Trinajstić information content (AvgIpc) is 2.47. The molecule has 2 heterocycles. The van der Waals surface area contributed by atoms with Gasteiger partial charge in [-0.15, -0.1) is 4.28 Å². The molecule has 0 spiro atoms. The van der Waals surface area contributed by atoms with Crippen molar-refractivity contribution in [3.63, 3.8) is 0 Å². The molecule has 0 saturated carbocycles. The maximum absolute atomic E-state index is 13.6. The number of piperidine rings is 1. The maximum Gasteiger partial charge on any atom is 0.418 e. The number of halogens is 2. The molecule has 26 heavy (non-hydrogen) atoms. The maximum atomic E-state index is 13.6. The van der Waals surface area contributed by atoms with Gasteiger partial charge in [-0.3, -0.25) is 25.0 Å². The molecule has 4 amide bonds. The molecule has 0 aromatic rings. The van der Waals surface area contributed by atoms with Crippen LogP contribution < -0.4 is 21.6 Å². The molecule has 0 bridgehead atoms. The number of likely N-dealkylation sites (tertiary alicyclic amines) is 1. The third-order valence-electron chi connectivity index (χ3n) is 3.85. The van der Waals surface area contributed by atoms with E-state index in [-0.39, 0.29) is 5.92 Å². The van der Waals surface area contributed by atoms with Crippen LogP contribution in [0, 0.1) is 5.92 Å². The molecule has 5 N–H and O–H groups in total. The van der Waals surface area contributed by atoms with Gasteiger partial charge in [0, 0.05) is 32.5 Å². The van der Waals surface area contributed by atoms with E-state index in [0.29, 0.717) is 18.0 Å². The summed E-state index contributed by atoms with van der Waals surface area (Å²) in [5, 5.41) is 2.83. The topological polar surface area (TPSA) is 166 Å². The highest BCUT2D eigenvalue weighted by Crippen LogP contribution is 2.32. The third-order valence-corrected chi connectivity index (χ3v) is 4.14. The van der Waals surface area contributed by atoms with Gasteiger partial charge in [-0.05, 0) is 0 Å². The van der Waals surface area contributed by atoms with Gasteiger partial charge in [-0.2, -0.15) is 13.9 Å². The molecule has 0 aromatic carbocycles. The molecule has 2 aliphatic heterocycles. The van der Waals surface area contributed by atoms with Crippen LogP contribution in [-0.2, 0) is 24.3 Å². The number of amides is 4. The van der Waals surface area contributed by atoms with Crippen molar-refractivity contribution in [1.29, 1.82) is 0 Å². The quantitative estimate of drug-likeness (QED) is 0.264. The van der Waals surface area contributed by atoms with Crippen molar-refractivity contribution in [2.45, 2.75) is 24.8 Å². The molecular formula is C11H17F2N5O7S. The molecule has 0 aliphatic carbocycles. The van der Waals surface area contributed by atoms with E-state index < -0.39 is 59.6 Å². The number of nitrogens with one attached hydrogen (secondary N) is 4. The van der Waals surface area contributed by atoms with Crippen molar-refractivity contribution in [2.24, 2.45) is 5.92 Å². The lowest BCUT2D eigenvalue weighted by molar-refractivity contribution is -0.139. The van der Waals surface area contributed by atoms with Crippen molar-refractivity contribution >= 4 is 28.2 Å². The minimum atomic E-state index is -5.02. The summed E-state index contributed by atoms with van der Waals surface area (Å²) in [6.07, 6.45) is -1.81. The van der Waals surface area contributed by atoms with Crippen molar-refractivity contribution in [3.8, 4) is 0 Å². The van der Waals surface area contributed by atoms with Gasteiger partial charge in [0.25, 0.3) is 11.8 Å². The van der Waals surface area contributed by atoms with E-state index in [1.165, 1.54) is 5.48 Å². The number of rotatable bonds is 4. The molecular weight excluding hydrogens is 384 g/mol. The number of hydrogen-bond acceptors (Lipinski definition) is 7. The first-order chi connectivity index (χ1) is 12.0. The first kappa shape index (κ1) is 20.2. The number of carbonyl (C=O) groups excluding carboxylic acids is 3. The minimum absolute atomic E-state index is 0.370. The zero-order chi connectivity index (χ0) is 19.5. The monoisotopic (exact) mass is 401 g/mol. The number of hydrogen-bond donors (Lipinski definition) is 5. The van der Waals surface area contributed by atoms with E-state index in [4.69, 9.17) is 4.55 Å². The summed E-state index contributed by atoms with van der Waals surface area (Å²) in [6.45, 7) is 0.224. The molecule has 15 heteroatoms. The van der Waals surface area contributed by atoms with Gasteiger partial charge in [0.2, 0.25) is 5.91 Å². The lowest BCUT2D eigenvalue weighted by Crippen LogP contribution is -2.61. The SMILES string of the molecule is O=C(NNC(=O)[C@@H]1CC(F)(F)CCN1C(=O)NOS(=O)(=O)O)C1CNC1. The van der Waals surface area contributed by atoms with Crippen LogP contribution in [0.5, 0.6) is 0 Å². The van der Waals surface area contributed by atoms with Gasteiger partial charge in [0.15, 0.2) is 0 Å². The lowest BCUT2D eigenvalue weighted by atomic mass is 9.98. The Morgan fingerprint density at radius 3 is 2.35 bits per heavy atom. The number of nitrogens with zero attached hydrogens (tertiary/aromatic N) is 1.